The summed E-state index contributed by atoms with van der Waals surface area (Å²) in [7, 11) is 0. The summed E-state index contributed by atoms with van der Waals surface area (Å²) in [5.41, 5.74) is 2.58. The summed E-state index contributed by atoms with van der Waals surface area (Å²) in [6.45, 7) is 1.35. The van der Waals surface area contributed by atoms with Gasteiger partial charge in [0.15, 0.2) is 11.7 Å². The minimum absolute atomic E-state index is 0.0171. The number of carbonyl (C=O) groups excluding carboxylic acids is 1. The lowest BCUT2D eigenvalue weighted by molar-refractivity contribution is 0.104. The predicted octanol–water partition coefficient (Wildman–Crippen LogP) is 3.29. The van der Waals surface area contributed by atoms with Crippen LogP contribution in [-0.4, -0.2) is 29.9 Å². The third-order valence-corrected chi connectivity index (χ3v) is 4.43. The Labute approximate surface area is 134 Å². The fourth-order valence-corrected chi connectivity index (χ4v) is 3.29. The maximum Gasteiger partial charge on any atom is 0.186 e. The fourth-order valence-electron chi connectivity index (χ4n) is 3.29. The van der Waals surface area contributed by atoms with Crippen LogP contribution in [-0.2, 0) is 4.74 Å². The lowest BCUT2D eigenvalue weighted by Crippen LogP contribution is -2.07. The molecular formula is C19H17NO3. The van der Waals surface area contributed by atoms with E-state index >= 15 is 0 Å². The molecule has 1 aliphatic heterocycles. The van der Waals surface area contributed by atoms with Crippen molar-refractivity contribution in [2.24, 2.45) is 4.99 Å². The molecule has 2 aliphatic rings. The zero-order valence-electron chi connectivity index (χ0n) is 12.7. The van der Waals surface area contributed by atoms with Crippen LogP contribution in [0.1, 0.15) is 40.4 Å². The number of rotatable bonds is 4. The van der Waals surface area contributed by atoms with Gasteiger partial charge in [-0.15, -0.1) is 0 Å². The lowest BCUT2D eigenvalue weighted by atomic mass is 9.88. The highest BCUT2D eigenvalue weighted by Crippen LogP contribution is 2.34. The monoisotopic (exact) mass is 307 g/mol. The van der Waals surface area contributed by atoms with Crippen LogP contribution in [0.4, 0.5) is 0 Å². The standard InChI is InChI=1S/C19H17NO3/c21-16(8-9-18-20-10-11-23-18)13-5-6-15-17(22)7-4-12-2-1-3-14(13)19(12)15/h1-7,16,21H,8-11H2. The van der Waals surface area contributed by atoms with Crippen molar-refractivity contribution in [2.75, 3.05) is 13.2 Å². The molecule has 0 amide bonds. The molecule has 0 saturated heterocycles. The van der Waals surface area contributed by atoms with Crippen molar-refractivity contribution >= 4 is 28.5 Å². The lowest BCUT2D eigenvalue weighted by Gasteiger charge is -2.18. The van der Waals surface area contributed by atoms with E-state index in [4.69, 9.17) is 4.74 Å². The van der Waals surface area contributed by atoms with Crippen LogP contribution in [0.25, 0.3) is 16.8 Å². The van der Waals surface area contributed by atoms with Crippen LogP contribution in [0.3, 0.4) is 0 Å². The summed E-state index contributed by atoms with van der Waals surface area (Å²) in [6, 6.07) is 9.60. The number of aliphatic hydroxyl groups is 1. The van der Waals surface area contributed by atoms with E-state index in [1.54, 1.807) is 6.08 Å². The SMILES string of the molecule is O=C1C=Cc2cccc3c(C(O)CCC4=NCCO4)ccc1c23. The van der Waals surface area contributed by atoms with Crippen LogP contribution < -0.4 is 0 Å². The summed E-state index contributed by atoms with van der Waals surface area (Å²) in [4.78, 5) is 16.3. The number of hydrogen-bond acceptors (Lipinski definition) is 4. The Morgan fingerprint density at radius 2 is 2.13 bits per heavy atom. The number of aliphatic imine (C=N–C) groups is 1. The molecule has 1 N–H and O–H groups in total. The molecule has 0 spiro atoms. The van der Waals surface area contributed by atoms with Gasteiger partial charge < -0.3 is 9.84 Å². The van der Waals surface area contributed by atoms with Crippen LogP contribution >= 0.6 is 0 Å². The number of benzene rings is 2. The van der Waals surface area contributed by atoms with Crippen LogP contribution in [0.15, 0.2) is 41.4 Å². The van der Waals surface area contributed by atoms with Gasteiger partial charge in [0.1, 0.15) is 6.61 Å². The third-order valence-electron chi connectivity index (χ3n) is 4.43. The van der Waals surface area contributed by atoms with Crippen molar-refractivity contribution in [1.29, 1.82) is 0 Å². The van der Waals surface area contributed by atoms with Gasteiger partial charge in [-0.2, -0.15) is 0 Å². The van der Waals surface area contributed by atoms with Gasteiger partial charge >= 0.3 is 0 Å². The molecule has 116 valence electrons. The second-order valence-electron chi connectivity index (χ2n) is 5.85. The van der Waals surface area contributed by atoms with Gasteiger partial charge in [0.05, 0.1) is 12.6 Å². The normalized spacial score (nSPS) is 17.3. The molecule has 23 heavy (non-hydrogen) atoms. The van der Waals surface area contributed by atoms with E-state index in [2.05, 4.69) is 4.99 Å². The highest BCUT2D eigenvalue weighted by molar-refractivity contribution is 6.20. The number of ether oxygens (including phenoxy) is 1. The molecule has 2 aromatic carbocycles. The molecule has 0 radical (unpaired) electrons. The number of ketones is 1. The number of nitrogens with zero attached hydrogens (tertiary/aromatic N) is 1. The molecule has 1 atom stereocenters. The first-order valence-corrected chi connectivity index (χ1v) is 7.86. The predicted molar refractivity (Wildman–Crippen MR) is 89.8 cm³/mol. The van der Waals surface area contributed by atoms with Crippen molar-refractivity contribution in [3.05, 3.63) is 53.1 Å². The van der Waals surface area contributed by atoms with E-state index in [0.29, 0.717) is 31.6 Å². The van der Waals surface area contributed by atoms with Crippen molar-refractivity contribution < 1.29 is 14.6 Å². The van der Waals surface area contributed by atoms with E-state index < -0.39 is 6.10 Å². The molecule has 1 heterocycles. The average molecular weight is 307 g/mol. The largest absolute Gasteiger partial charge is 0.479 e. The van der Waals surface area contributed by atoms with Crippen molar-refractivity contribution in [3.8, 4) is 0 Å². The molecule has 0 saturated carbocycles. The Kier molecular flexibility index (Phi) is 3.46. The Morgan fingerprint density at radius 3 is 2.96 bits per heavy atom. The molecule has 0 bridgehead atoms. The molecule has 1 aliphatic carbocycles. The second kappa shape index (κ2) is 5.63. The van der Waals surface area contributed by atoms with E-state index in [1.165, 1.54) is 0 Å². The summed E-state index contributed by atoms with van der Waals surface area (Å²) in [5.74, 6) is 0.744. The molecule has 1 unspecified atom stereocenters. The zero-order valence-corrected chi connectivity index (χ0v) is 12.7. The van der Waals surface area contributed by atoms with Crippen molar-refractivity contribution in [3.63, 3.8) is 0 Å². The van der Waals surface area contributed by atoms with Crippen LogP contribution in [0, 0.1) is 0 Å². The average Bonchev–Trinajstić information content (AvgIpc) is 3.09. The summed E-state index contributed by atoms with van der Waals surface area (Å²) in [5, 5.41) is 12.5. The first-order valence-electron chi connectivity index (χ1n) is 7.86. The Morgan fingerprint density at radius 1 is 1.22 bits per heavy atom. The first kappa shape index (κ1) is 14.2. The molecule has 0 fully saturated rings. The van der Waals surface area contributed by atoms with Crippen LogP contribution in [0.5, 0.6) is 0 Å². The maximum absolute atomic E-state index is 12.1. The first-order chi connectivity index (χ1) is 11.2. The molecule has 2 aromatic rings. The van der Waals surface area contributed by atoms with Gasteiger partial charge in [0, 0.05) is 17.4 Å². The van der Waals surface area contributed by atoms with E-state index in [0.717, 1.165) is 27.8 Å². The second-order valence-corrected chi connectivity index (χ2v) is 5.85. The molecule has 0 aromatic heterocycles. The highest BCUT2D eigenvalue weighted by Gasteiger charge is 2.20. The highest BCUT2D eigenvalue weighted by atomic mass is 16.5. The Hall–Kier alpha value is -2.46. The minimum atomic E-state index is -0.604. The molecule has 4 nitrogen and oxygen atoms in total. The quantitative estimate of drug-likeness (QED) is 0.943. The van der Waals surface area contributed by atoms with E-state index in [1.807, 2.05) is 36.4 Å². The van der Waals surface area contributed by atoms with Gasteiger partial charge in [0.25, 0.3) is 0 Å². The van der Waals surface area contributed by atoms with Gasteiger partial charge in [-0.05, 0) is 29.0 Å². The third kappa shape index (κ3) is 2.45. The summed E-state index contributed by atoms with van der Waals surface area (Å²) < 4.78 is 5.39. The Balaban J connectivity index is 1.71. The topological polar surface area (TPSA) is 58.9 Å². The van der Waals surface area contributed by atoms with E-state index in [9.17, 15) is 9.90 Å². The number of carbonyl (C=O) groups is 1. The van der Waals surface area contributed by atoms with Crippen molar-refractivity contribution in [2.45, 2.75) is 18.9 Å². The van der Waals surface area contributed by atoms with Crippen LogP contribution in [0.2, 0.25) is 0 Å². The maximum atomic E-state index is 12.1. The van der Waals surface area contributed by atoms with Gasteiger partial charge in [-0.25, -0.2) is 0 Å². The Bertz CT molecular complexity index is 851. The number of allylic oxidation sites excluding steroid dienone is 1. The summed E-state index contributed by atoms with van der Waals surface area (Å²) >= 11 is 0. The molecular weight excluding hydrogens is 290 g/mol. The number of aliphatic hydroxyl groups excluding tert-OH is 1. The minimum Gasteiger partial charge on any atom is -0.479 e. The van der Waals surface area contributed by atoms with E-state index in [-0.39, 0.29) is 5.78 Å². The van der Waals surface area contributed by atoms with Gasteiger partial charge in [-0.1, -0.05) is 36.4 Å². The zero-order chi connectivity index (χ0) is 15.8. The summed E-state index contributed by atoms with van der Waals surface area (Å²) in [6.07, 6.45) is 4.02. The number of hydrogen-bond donors (Lipinski definition) is 1. The molecule has 4 rings (SSSR count). The molecule has 4 heteroatoms. The van der Waals surface area contributed by atoms with Crippen molar-refractivity contribution in [1.82, 2.24) is 0 Å². The van der Waals surface area contributed by atoms with Gasteiger partial charge in [0.2, 0.25) is 0 Å². The van der Waals surface area contributed by atoms with Gasteiger partial charge in [-0.3, -0.25) is 9.79 Å². The smallest absolute Gasteiger partial charge is 0.186 e. The fraction of sp³-hybridized carbons (Fsp3) is 0.263.